The van der Waals surface area contributed by atoms with E-state index < -0.39 is 0 Å². The first kappa shape index (κ1) is 14.6. The Kier molecular flexibility index (Phi) is 3.29. The predicted octanol–water partition coefficient (Wildman–Crippen LogP) is 4.25. The van der Waals surface area contributed by atoms with Gasteiger partial charge in [-0.2, -0.15) is 0 Å². The van der Waals surface area contributed by atoms with E-state index in [-0.39, 0.29) is 0 Å². The van der Waals surface area contributed by atoms with Gasteiger partial charge in [0.05, 0.1) is 6.07 Å². The maximum Gasteiger partial charge on any atom is 0.231 e. The van der Waals surface area contributed by atoms with Gasteiger partial charge >= 0.3 is 0 Å². The van der Waals surface area contributed by atoms with Crippen LogP contribution in [0.3, 0.4) is 0 Å². The summed E-state index contributed by atoms with van der Waals surface area (Å²) in [5.41, 5.74) is 15.8. The fourth-order valence-electron chi connectivity index (χ4n) is 3.14. The maximum atomic E-state index is 6.24. The standard InChI is InChI=1S/C20H15N3S2/c21-14-9-15(22-12-24-19-7-3-1-5-17(19)22)11-16(10-14)23-13-25-20-8-4-2-6-18(20)23/h1-13H,21H2/q+2. The van der Waals surface area contributed by atoms with E-state index in [0.717, 1.165) is 17.1 Å². The minimum absolute atomic E-state index is 0.762. The van der Waals surface area contributed by atoms with E-state index >= 15 is 0 Å². The Morgan fingerprint density at radius 1 is 0.640 bits per heavy atom. The molecule has 0 saturated heterocycles. The highest BCUT2D eigenvalue weighted by Gasteiger charge is 2.20. The molecule has 25 heavy (non-hydrogen) atoms. The fraction of sp³-hybridized carbons (Fsp3) is 0. The number of aromatic nitrogens is 2. The van der Waals surface area contributed by atoms with Crippen LogP contribution in [-0.4, -0.2) is 0 Å². The van der Waals surface area contributed by atoms with Crippen LogP contribution in [0.2, 0.25) is 0 Å². The van der Waals surface area contributed by atoms with E-state index in [1.54, 1.807) is 22.7 Å². The minimum atomic E-state index is 0.762. The van der Waals surface area contributed by atoms with Gasteiger partial charge in [0.25, 0.3) is 0 Å². The van der Waals surface area contributed by atoms with E-state index in [1.165, 1.54) is 20.4 Å². The molecule has 0 aliphatic heterocycles. The van der Waals surface area contributed by atoms with Crippen LogP contribution in [0.4, 0.5) is 5.69 Å². The van der Waals surface area contributed by atoms with Crippen LogP contribution in [0.25, 0.3) is 31.8 Å². The number of benzene rings is 3. The Hall–Kier alpha value is -2.76. The Balaban J connectivity index is 1.73. The molecule has 3 nitrogen and oxygen atoms in total. The summed E-state index contributed by atoms with van der Waals surface area (Å²) in [6, 6.07) is 23.1. The van der Waals surface area contributed by atoms with Gasteiger partial charge in [-0.15, -0.1) is 9.13 Å². The molecule has 5 rings (SSSR count). The van der Waals surface area contributed by atoms with Crippen molar-refractivity contribution < 1.29 is 9.13 Å². The lowest BCUT2D eigenvalue weighted by molar-refractivity contribution is -0.570. The smallest absolute Gasteiger partial charge is 0.231 e. The van der Waals surface area contributed by atoms with Crippen LogP contribution < -0.4 is 14.9 Å². The number of thiazole rings is 2. The predicted molar refractivity (Wildman–Crippen MR) is 105 cm³/mol. The van der Waals surface area contributed by atoms with Crippen molar-refractivity contribution in [3.63, 3.8) is 0 Å². The lowest BCUT2D eigenvalue weighted by atomic mass is 10.2. The van der Waals surface area contributed by atoms with Gasteiger partial charge in [0, 0.05) is 30.0 Å². The Morgan fingerprint density at radius 2 is 1.12 bits per heavy atom. The van der Waals surface area contributed by atoms with Gasteiger partial charge in [-0.05, 0) is 12.1 Å². The van der Waals surface area contributed by atoms with E-state index in [2.05, 4.69) is 74.8 Å². The number of hydrogen-bond acceptors (Lipinski definition) is 3. The molecule has 2 N–H and O–H groups in total. The van der Waals surface area contributed by atoms with Crippen molar-refractivity contribution in [3.05, 3.63) is 77.8 Å². The van der Waals surface area contributed by atoms with Crippen LogP contribution in [0, 0.1) is 0 Å². The molecule has 0 aliphatic rings. The number of nitrogen functional groups attached to an aromatic ring is 1. The molecule has 5 heteroatoms. The molecule has 0 amide bonds. The molecule has 0 fully saturated rings. The third-order valence-corrected chi connectivity index (χ3v) is 6.13. The summed E-state index contributed by atoms with van der Waals surface area (Å²) in [5.74, 6) is 0. The van der Waals surface area contributed by atoms with Gasteiger partial charge in [0.15, 0.2) is 0 Å². The summed E-state index contributed by atoms with van der Waals surface area (Å²) in [5, 5.41) is 0. The van der Waals surface area contributed by atoms with Crippen molar-refractivity contribution in [1.29, 1.82) is 0 Å². The zero-order valence-corrected chi connectivity index (χ0v) is 14.9. The molecule has 0 spiro atoms. The average molecular weight is 361 g/mol. The molecule has 0 saturated carbocycles. The topological polar surface area (TPSA) is 33.8 Å². The van der Waals surface area contributed by atoms with Gasteiger partial charge < -0.3 is 5.73 Å². The van der Waals surface area contributed by atoms with Gasteiger partial charge in [-0.3, -0.25) is 0 Å². The van der Waals surface area contributed by atoms with Crippen molar-refractivity contribution in [2.24, 2.45) is 0 Å². The third-order valence-electron chi connectivity index (χ3n) is 4.30. The molecule has 120 valence electrons. The summed E-state index contributed by atoms with van der Waals surface area (Å²) in [7, 11) is 0. The van der Waals surface area contributed by atoms with Gasteiger partial charge in [-0.25, -0.2) is 0 Å². The zero-order chi connectivity index (χ0) is 16.8. The number of anilines is 1. The van der Waals surface area contributed by atoms with Gasteiger partial charge in [0.1, 0.15) is 9.40 Å². The summed E-state index contributed by atoms with van der Waals surface area (Å²) >= 11 is 3.48. The molecule has 0 bridgehead atoms. The van der Waals surface area contributed by atoms with Crippen molar-refractivity contribution in [1.82, 2.24) is 0 Å². The van der Waals surface area contributed by atoms with Crippen LogP contribution in [0.5, 0.6) is 0 Å². The number of nitrogens with two attached hydrogens (primary N) is 1. The highest BCUT2D eigenvalue weighted by molar-refractivity contribution is 7.16. The van der Waals surface area contributed by atoms with E-state index in [1.807, 2.05) is 12.1 Å². The summed E-state index contributed by atoms with van der Waals surface area (Å²) in [6.45, 7) is 0. The molecule has 0 atom stereocenters. The van der Waals surface area contributed by atoms with E-state index in [9.17, 15) is 0 Å². The second-order valence-corrected chi connectivity index (χ2v) is 7.68. The Bertz CT molecular complexity index is 1130. The minimum Gasteiger partial charge on any atom is -0.398 e. The molecule has 2 heterocycles. The van der Waals surface area contributed by atoms with Gasteiger partial charge in [0.2, 0.25) is 33.4 Å². The van der Waals surface area contributed by atoms with Crippen molar-refractivity contribution in [3.8, 4) is 11.4 Å². The number of hydrogen-bond donors (Lipinski definition) is 1. The van der Waals surface area contributed by atoms with E-state index in [0.29, 0.717) is 0 Å². The lowest BCUT2D eigenvalue weighted by Crippen LogP contribution is -2.32. The van der Waals surface area contributed by atoms with Crippen molar-refractivity contribution >= 4 is 48.8 Å². The second-order valence-electron chi connectivity index (χ2n) is 5.90. The number of nitrogens with zero attached hydrogens (tertiary/aromatic N) is 2. The third kappa shape index (κ3) is 2.40. The largest absolute Gasteiger partial charge is 0.398 e. The molecule has 0 aliphatic carbocycles. The summed E-state index contributed by atoms with van der Waals surface area (Å²) in [6.07, 6.45) is 0. The van der Waals surface area contributed by atoms with Crippen molar-refractivity contribution in [2.45, 2.75) is 0 Å². The normalized spacial score (nSPS) is 11.4. The molecule has 2 aromatic heterocycles. The van der Waals surface area contributed by atoms with Crippen LogP contribution >= 0.6 is 22.7 Å². The molecule has 0 radical (unpaired) electrons. The highest BCUT2D eigenvalue weighted by atomic mass is 32.1. The zero-order valence-electron chi connectivity index (χ0n) is 13.3. The SMILES string of the molecule is Nc1cc(-[n+]2csc3ccccc32)cc(-[n+]2csc3ccccc32)c1. The maximum absolute atomic E-state index is 6.24. The van der Waals surface area contributed by atoms with Crippen LogP contribution in [0.15, 0.2) is 77.8 Å². The average Bonchev–Trinajstić information content (AvgIpc) is 3.25. The molecular weight excluding hydrogens is 346 g/mol. The summed E-state index contributed by atoms with van der Waals surface area (Å²) in [4.78, 5) is 0. The Labute approximate surface area is 152 Å². The fourth-order valence-corrected chi connectivity index (χ4v) is 4.94. The second kappa shape index (κ2) is 5.65. The van der Waals surface area contributed by atoms with Crippen LogP contribution in [0.1, 0.15) is 0 Å². The first-order chi connectivity index (χ1) is 12.3. The molecule has 0 unspecified atom stereocenters. The van der Waals surface area contributed by atoms with Gasteiger partial charge in [-0.1, -0.05) is 46.9 Å². The molecule has 5 aromatic rings. The number of fused-ring (bicyclic) bond motifs is 2. The monoisotopic (exact) mass is 361 g/mol. The highest BCUT2D eigenvalue weighted by Crippen LogP contribution is 2.22. The van der Waals surface area contributed by atoms with Crippen LogP contribution in [-0.2, 0) is 0 Å². The summed E-state index contributed by atoms with van der Waals surface area (Å²) < 4.78 is 6.93. The first-order valence-corrected chi connectivity index (χ1v) is 9.73. The molecule has 3 aromatic carbocycles. The number of rotatable bonds is 2. The quantitative estimate of drug-likeness (QED) is 0.370. The Morgan fingerprint density at radius 3 is 1.64 bits per heavy atom. The molecular formula is C20H15N3S2+2. The van der Waals surface area contributed by atoms with E-state index in [4.69, 9.17) is 5.73 Å². The number of para-hydroxylation sites is 2. The lowest BCUT2D eigenvalue weighted by Gasteiger charge is -1.99. The van der Waals surface area contributed by atoms with Crippen molar-refractivity contribution in [2.75, 3.05) is 5.73 Å². The first-order valence-electron chi connectivity index (χ1n) is 7.97.